The number of hydrogen-bond donors (Lipinski definition) is 0. The maximum atomic E-state index is 12.7. The van der Waals surface area contributed by atoms with Crippen molar-refractivity contribution in [3.8, 4) is 5.75 Å². The van der Waals surface area contributed by atoms with E-state index in [1.807, 2.05) is 35.2 Å². The highest BCUT2D eigenvalue weighted by Gasteiger charge is 2.21. The normalized spacial score (nSPS) is 14.3. The minimum atomic E-state index is 0.0270. The highest BCUT2D eigenvalue weighted by Crippen LogP contribution is 2.27. The summed E-state index contributed by atoms with van der Waals surface area (Å²) in [6.07, 6.45) is 3.02. The predicted octanol–water partition coefficient (Wildman–Crippen LogP) is 4.39. The van der Waals surface area contributed by atoms with Gasteiger partial charge in [0.15, 0.2) is 0 Å². The smallest absolute Gasteiger partial charge is 0.255 e. The van der Waals surface area contributed by atoms with Crippen molar-refractivity contribution in [3.05, 3.63) is 70.2 Å². The van der Waals surface area contributed by atoms with Gasteiger partial charge in [-0.1, -0.05) is 36.4 Å². The quantitative estimate of drug-likeness (QED) is 0.800. The predicted molar refractivity (Wildman–Crippen MR) is 95.6 cm³/mol. The molecule has 23 heavy (non-hydrogen) atoms. The van der Waals surface area contributed by atoms with Gasteiger partial charge in [0.25, 0.3) is 5.91 Å². The lowest BCUT2D eigenvalue weighted by molar-refractivity contribution is 0.0771. The van der Waals surface area contributed by atoms with Gasteiger partial charge in [-0.15, -0.1) is 0 Å². The Bertz CT molecular complexity index is 740. The third kappa shape index (κ3) is 3.48. The highest BCUT2D eigenvalue weighted by molar-refractivity contribution is 9.10. The van der Waals surface area contributed by atoms with E-state index in [0.29, 0.717) is 17.9 Å². The summed E-state index contributed by atoms with van der Waals surface area (Å²) in [5.74, 6) is 0.716. The second-order valence-electron chi connectivity index (χ2n) is 5.44. The lowest BCUT2D eigenvalue weighted by atomic mass is 9.99. The number of ether oxygens (including phenoxy) is 1. The highest BCUT2D eigenvalue weighted by atomic mass is 79.9. The first-order valence-electron chi connectivity index (χ1n) is 7.56. The Balaban J connectivity index is 1.77. The lowest BCUT2D eigenvalue weighted by Crippen LogP contribution is -2.34. The molecule has 2 aromatic carbocycles. The van der Waals surface area contributed by atoms with E-state index in [2.05, 4.69) is 34.1 Å². The summed E-state index contributed by atoms with van der Waals surface area (Å²) >= 11 is 3.46. The van der Waals surface area contributed by atoms with Crippen molar-refractivity contribution in [2.24, 2.45) is 0 Å². The number of methoxy groups -OCH3 is 1. The number of nitrogens with zero attached hydrogens (tertiary/aromatic N) is 1. The minimum Gasteiger partial charge on any atom is -0.497 e. The van der Waals surface area contributed by atoms with Crippen LogP contribution in [0.4, 0.5) is 0 Å². The largest absolute Gasteiger partial charge is 0.497 e. The maximum Gasteiger partial charge on any atom is 0.255 e. The zero-order valence-electron chi connectivity index (χ0n) is 13.0. The van der Waals surface area contributed by atoms with Gasteiger partial charge in [0.05, 0.1) is 12.7 Å². The van der Waals surface area contributed by atoms with Crippen molar-refractivity contribution >= 4 is 27.4 Å². The molecule has 0 bridgehead atoms. The van der Waals surface area contributed by atoms with Crippen LogP contribution in [0, 0.1) is 0 Å². The van der Waals surface area contributed by atoms with Gasteiger partial charge in [0, 0.05) is 17.6 Å². The number of carbonyl (C=O) groups is 1. The van der Waals surface area contributed by atoms with E-state index in [-0.39, 0.29) is 5.91 Å². The Hall–Kier alpha value is -2.07. The van der Waals surface area contributed by atoms with Gasteiger partial charge >= 0.3 is 0 Å². The van der Waals surface area contributed by atoms with Crippen molar-refractivity contribution in [2.45, 2.75) is 6.42 Å². The van der Waals surface area contributed by atoms with Gasteiger partial charge in [0.2, 0.25) is 0 Å². The van der Waals surface area contributed by atoms with Gasteiger partial charge in [-0.2, -0.15) is 0 Å². The summed E-state index contributed by atoms with van der Waals surface area (Å²) in [5.41, 5.74) is 3.18. The van der Waals surface area contributed by atoms with Crippen LogP contribution in [0.1, 0.15) is 22.3 Å². The Morgan fingerprint density at radius 2 is 1.96 bits per heavy atom. The monoisotopic (exact) mass is 371 g/mol. The summed E-state index contributed by atoms with van der Waals surface area (Å²) in [4.78, 5) is 14.6. The first-order valence-corrected chi connectivity index (χ1v) is 8.35. The second kappa shape index (κ2) is 7.01. The Kier molecular flexibility index (Phi) is 4.82. The van der Waals surface area contributed by atoms with Crippen LogP contribution in [-0.4, -0.2) is 31.0 Å². The lowest BCUT2D eigenvalue weighted by Gasteiger charge is -2.27. The Morgan fingerprint density at radius 1 is 1.17 bits per heavy atom. The van der Waals surface area contributed by atoms with Crippen LogP contribution in [0.15, 0.2) is 59.1 Å². The molecule has 0 aliphatic carbocycles. The third-order valence-corrected chi connectivity index (χ3v) is 4.74. The van der Waals surface area contributed by atoms with Gasteiger partial charge in [-0.05, 0) is 51.7 Å². The fraction of sp³-hybridized carbons (Fsp3) is 0.211. The molecule has 0 unspecified atom stereocenters. The molecule has 0 saturated carbocycles. The van der Waals surface area contributed by atoms with Crippen molar-refractivity contribution in [2.75, 3.05) is 20.2 Å². The van der Waals surface area contributed by atoms with Gasteiger partial charge in [-0.3, -0.25) is 4.79 Å². The van der Waals surface area contributed by atoms with Crippen LogP contribution in [0.2, 0.25) is 0 Å². The van der Waals surface area contributed by atoms with Crippen molar-refractivity contribution in [3.63, 3.8) is 0 Å². The standard InChI is InChI=1S/C19H18BrNO2/c1-23-16-7-8-18(20)17(13-16)19(22)21-11-9-15(10-12-21)14-5-3-2-4-6-14/h2-9,13H,10-12H2,1H3. The molecular weight excluding hydrogens is 354 g/mol. The number of amides is 1. The van der Waals surface area contributed by atoms with Crippen LogP contribution in [0.25, 0.3) is 5.57 Å². The molecule has 0 saturated heterocycles. The summed E-state index contributed by atoms with van der Waals surface area (Å²) in [5, 5.41) is 0. The average Bonchev–Trinajstić information content (AvgIpc) is 2.62. The zero-order valence-corrected chi connectivity index (χ0v) is 14.5. The van der Waals surface area contributed by atoms with E-state index in [1.165, 1.54) is 11.1 Å². The van der Waals surface area contributed by atoms with Crippen molar-refractivity contribution < 1.29 is 9.53 Å². The SMILES string of the molecule is COc1ccc(Br)c(C(=O)N2CC=C(c3ccccc3)CC2)c1. The third-order valence-electron chi connectivity index (χ3n) is 4.04. The topological polar surface area (TPSA) is 29.5 Å². The molecule has 0 atom stereocenters. The minimum absolute atomic E-state index is 0.0270. The van der Waals surface area contributed by atoms with E-state index >= 15 is 0 Å². The fourth-order valence-corrected chi connectivity index (χ4v) is 3.15. The molecule has 1 aliphatic heterocycles. The fourth-order valence-electron chi connectivity index (χ4n) is 2.73. The van der Waals surface area contributed by atoms with Crippen molar-refractivity contribution in [1.82, 2.24) is 4.90 Å². The van der Waals surface area contributed by atoms with Crippen LogP contribution >= 0.6 is 15.9 Å². The maximum absolute atomic E-state index is 12.7. The molecule has 118 valence electrons. The first kappa shape index (κ1) is 15.8. The summed E-state index contributed by atoms with van der Waals surface area (Å²) in [6, 6.07) is 15.8. The van der Waals surface area contributed by atoms with E-state index in [0.717, 1.165) is 17.4 Å². The molecule has 4 heteroatoms. The van der Waals surface area contributed by atoms with E-state index in [1.54, 1.807) is 13.2 Å². The van der Waals surface area contributed by atoms with Crippen LogP contribution in [0.3, 0.4) is 0 Å². The molecule has 3 rings (SSSR count). The van der Waals surface area contributed by atoms with E-state index < -0.39 is 0 Å². The van der Waals surface area contributed by atoms with Gasteiger partial charge < -0.3 is 9.64 Å². The molecule has 0 spiro atoms. The molecule has 1 heterocycles. The molecular formula is C19H18BrNO2. The summed E-state index contributed by atoms with van der Waals surface area (Å²) in [6.45, 7) is 1.36. The molecule has 1 amide bonds. The number of carbonyl (C=O) groups excluding carboxylic acids is 1. The Labute approximate surface area is 144 Å². The number of rotatable bonds is 3. The Morgan fingerprint density at radius 3 is 2.61 bits per heavy atom. The molecule has 2 aromatic rings. The van der Waals surface area contributed by atoms with Crippen LogP contribution in [-0.2, 0) is 0 Å². The second-order valence-corrected chi connectivity index (χ2v) is 6.30. The van der Waals surface area contributed by atoms with Gasteiger partial charge in [0.1, 0.15) is 5.75 Å². The number of benzene rings is 2. The molecule has 0 aromatic heterocycles. The first-order chi connectivity index (χ1) is 11.2. The zero-order chi connectivity index (χ0) is 16.2. The summed E-state index contributed by atoms with van der Waals surface area (Å²) < 4.78 is 6.01. The van der Waals surface area contributed by atoms with E-state index in [9.17, 15) is 4.79 Å². The van der Waals surface area contributed by atoms with Gasteiger partial charge in [-0.25, -0.2) is 0 Å². The van der Waals surface area contributed by atoms with E-state index in [4.69, 9.17) is 4.74 Å². The van der Waals surface area contributed by atoms with Crippen molar-refractivity contribution in [1.29, 1.82) is 0 Å². The number of hydrogen-bond acceptors (Lipinski definition) is 2. The molecule has 1 aliphatic rings. The van der Waals surface area contributed by atoms with Crippen LogP contribution in [0.5, 0.6) is 5.75 Å². The average molecular weight is 372 g/mol. The number of halogens is 1. The molecule has 3 nitrogen and oxygen atoms in total. The molecule has 0 fully saturated rings. The van der Waals surface area contributed by atoms with Crippen LogP contribution < -0.4 is 4.74 Å². The summed E-state index contributed by atoms with van der Waals surface area (Å²) in [7, 11) is 1.60. The molecule has 0 radical (unpaired) electrons. The molecule has 0 N–H and O–H groups in total.